The average molecular weight is 370 g/mol. The van der Waals surface area contributed by atoms with E-state index < -0.39 is 5.41 Å². The smallest absolute Gasteiger partial charge is 0.235 e. The summed E-state index contributed by atoms with van der Waals surface area (Å²) in [7, 11) is 0. The van der Waals surface area contributed by atoms with Crippen LogP contribution in [-0.2, 0) is 4.79 Å². The second kappa shape index (κ2) is 5.41. The van der Waals surface area contributed by atoms with Crippen LogP contribution in [0.1, 0.15) is 19.4 Å². The molecule has 1 aliphatic rings. The van der Waals surface area contributed by atoms with Crippen molar-refractivity contribution in [2.24, 2.45) is 5.41 Å². The number of hydrogen-bond donors (Lipinski definition) is 0. The molecule has 2 heterocycles. The summed E-state index contributed by atoms with van der Waals surface area (Å²) in [4.78, 5) is 13.9. The van der Waals surface area contributed by atoms with Gasteiger partial charge in [-0.05, 0) is 26.0 Å². The molecule has 1 aromatic heterocycles. The molecule has 1 fully saturated rings. The second-order valence-electron chi connectivity index (χ2n) is 5.88. The van der Waals surface area contributed by atoms with E-state index in [2.05, 4.69) is 5.10 Å². The Balaban J connectivity index is 2.17. The van der Waals surface area contributed by atoms with Crippen LogP contribution < -0.4 is 4.90 Å². The van der Waals surface area contributed by atoms with Crippen LogP contribution in [0.5, 0.6) is 0 Å². The van der Waals surface area contributed by atoms with Gasteiger partial charge in [0.25, 0.3) is 0 Å². The van der Waals surface area contributed by atoms with Crippen LogP contribution in [0.2, 0.25) is 15.1 Å². The van der Waals surface area contributed by atoms with Crippen LogP contribution in [0.25, 0.3) is 5.69 Å². The zero-order valence-corrected chi connectivity index (χ0v) is 14.5. The fraction of sp³-hybridized carbons (Fsp3) is 0.267. The fourth-order valence-electron chi connectivity index (χ4n) is 2.52. The lowest BCUT2D eigenvalue weighted by atomic mass is 9.83. The molecule has 8 heteroatoms. The lowest BCUT2D eigenvalue weighted by Crippen LogP contribution is -2.59. The van der Waals surface area contributed by atoms with E-state index in [0.717, 1.165) is 0 Å². The highest BCUT2D eigenvalue weighted by atomic mass is 35.5. The normalized spacial score (nSPS) is 16.2. The first-order valence-corrected chi connectivity index (χ1v) is 7.85. The van der Waals surface area contributed by atoms with Crippen molar-refractivity contribution < 1.29 is 4.79 Å². The van der Waals surface area contributed by atoms with Crippen molar-refractivity contribution in [2.75, 3.05) is 11.4 Å². The molecule has 0 bridgehead atoms. The van der Waals surface area contributed by atoms with E-state index in [4.69, 9.17) is 34.8 Å². The summed E-state index contributed by atoms with van der Waals surface area (Å²) in [5.74, 6) is 0.309. The van der Waals surface area contributed by atoms with Gasteiger partial charge in [-0.15, -0.1) is 0 Å². The molecule has 1 aliphatic heterocycles. The van der Waals surface area contributed by atoms with Crippen molar-refractivity contribution in [3.8, 4) is 11.8 Å². The Kier molecular flexibility index (Phi) is 3.80. The first-order valence-electron chi connectivity index (χ1n) is 6.72. The molecule has 0 N–H and O–H groups in total. The summed E-state index contributed by atoms with van der Waals surface area (Å²) in [6, 6.07) is 5.28. The Bertz CT molecular complexity index is 866. The van der Waals surface area contributed by atoms with Crippen molar-refractivity contribution in [3.05, 3.63) is 39.0 Å². The van der Waals surface area contributed by atoms with Gasteiger partial charge in [0.2, 0.25) is 5.91 Å². The number of benzene rings is 1. The molecule has 23 heavy (non-hydrogen) atoms. The molecule has 0 unspecified atom stereocenters. The molecule has 1 aromatic carbocycles. The summed E-state index contributed by atoms with van der Waals surface area (Å²) < 4.78 is 1.44. The van der Waals surface area contributed by atoms with Crippen LogP contribution >= 0.6 is 34.8 Å². The highest BCUT2D eigenvalue weighted by Gasteiger charge is 2.47. The van der Waals surface area contributed by atoms with E-state index in [-0.39, 0.29) is 21.5 Å². The summed E-state index contributed by atoms with van der Waals surface area (Å²) in [5.41, 5.74) is 0.287. The zero-order chi connectivity index (χ0) is 16.9. The number of anilines is 1. The Morgan fingerprint density at radius 3 is 2.52 bits per heavy atom. The molecule has 1 amide bonds. The minimum Gasteiger partial charge on any atom is -0.294 e. The third-order valence-electron chi connectivity index (χ3n) is 3.74. The van der Waals surface area contributed by atoms with Gasteiger partial charge in [0.1, 0.15) is 11.6 Å². The molecule has 0 aliphatic carbocycles. The van der Waals surface area contributed by atoms with E-state index in [9.17, 15) is 10.1 Å². The van der Waals surface area contributed by atoms with Crippen molar-refractivity contribution in [1.29, 1.82) is 5.26 Å². The van der Waals surface area contributed by atoms with Gasteiger partial charge >= 0.3 is 0 Å². The molecule has 0 atom stereocenters. The molecule has 0 spiro atoms. The fourth-order valence-corrected chi connectivity index (χ4v) is 3.13. The molecule has 2 aromatic rings. The van der Waals surface area contributed by atoms with E-state index in [0.29, 0.717) is 23.1 Å². The maximum Gasteiger partial charge on any atom is 0.235 e. The van der Waals surface area contributed by atoms with Crippen molar-refractivity contribution >= 4 is 46.5 Å². The van der Waals surface area contributed by atoms with Crippen molar-refractivity contribution in [2.45, 2.75) is 13.8 Å². The molecule has 5 nitrogen and oxygen atoms in total. The van der Waals surface area contributed by atoms with Gasteiger partial charge in [0.15, 0.2) is 5.82 Å². The molecule has 0 radical (unpaired) electrons. The number of halogens is 3. The molecular formula is C15H11Cl3N4O. The second-order valence-corrected chi connectivity index (χ2v) is 7.04. The van der Waals surface area contributed by atoms with Crippen LogP contribution in [-0.4, -0.2) is 22.2 Å². The van der Waals surface area contributed by atoms with Crippen LogP contribution in [0.15, 0.2) is 18.3 Å². The Morgan fingerprint density at radius 2 is 1.96 bits per heavy atom. The van der Waals surface area contributed by atoms with Crippen molar-refractivity contribution in [3.63, 3.8) is 0 Å². The third kappa shape index (κ3) is 2.38. The lowest BCUT2D eigenvalue weighted by molar-refractivity contribution is -0.132. The molecule has 118 valence electrons. The first kappa shape index (κ1) is 16.1. The minimum absolute atomic E-state index is 0.0769. The monoisotopic (exact) mass is 368 g/mol. The number of aromatic nitrogens is 2. The zero-order valence-electron chi connectivity index (χ0n) is 12.3. The highest BCUT2D eigenvalue weighted by molar-refractivity contribution is 6.48. The van der Waals surface area contributed by atoms with E-state index >= 15 is 0 Å². The van der Waals surface area contributed by atoms with Crippen molar-refractivity contribution in [1.82, 2.24) is 9.78 Å². The number of nitrogens with zero attached hydrogens (tertiary/aromatic N) is 4. The Morgan fingerprint density at radius 1 is 1.26 bits per heavy atom. The number of hydrogen-bond acceptors (Lipinski definition) is 3. The van der Waals surface area contributed by atoms with E-state index in [1.165, 1.54) is 15.8 Å². The topological polar surface area (TPSA) is 61.9 Å². The van der Waals surface area contributed by atoms with Crippen LogP contribution in [0.4, 0.5) is 5.82 Å². The number of rotatable bonds is 2. The number of nitriles is 1. The summed E-state index contributed by atoms with van der Waals surface area (Å²) >= 11 is 18.3. The van der Waals surface area contributed by atoms with Gasteiger partial charge in [-0.1, -0.05) is 34.8 Å². The predicted octanol–water partition coefficient (Wildman–Crippen LogP) is 4.08. The standard InChI is InChI=1S/C15H11Cl3N4O/c1-15(2)7-21(14(15)23)13-8(5-19)6-20-22(13)10-4-3-9(16)11(17)12(10)18/h3-4,6H,7H2,1-2H3. The number of amides is 1. The maximum atomic E-state index is 12.3. The molecule has 3 rings (SSSR count). The van der Waals surface area contributed by atoms with Gasteiger partial charge in [-0.25, -0.2) is 4.68 Å². The van der Waals surface area contributed by atoms with E-state index in [1.54, 1.807) is 12.1 Å². The molecule has 0 saturated carbocycles. The van der Waals surface area contributed by atoms with Gasteiger partial charge < -0.3 is 0 Å². The average Bonchev–Trinajstić information content (AvgIpc) is 2.93. The van der Waals surface area contributed by atoms with E-state index in [1.807, 2.05) is 19.9 Å². The highest BCUT2D eigenvalue weighted by Crippen LogP contribution is 2.40. The number of carbonyl (C=O) groups excluding carboxylic acids is 1. The van der Waals surface area contributed by atoms with Crippen LogP contribution in [0, 0.1) is 16.7 Å². The van der Waals surface area contributed by atoms with Gasteiger partial charge in [0.05, 0.1) is 32.4 Å². The van der Waals surface area contributed by atoms with Crippen LogP contribution in [0.3, 0.4) is 0 Å². The Hall–Kier alpha value is -1.74. The van der Waals surface area contributed by atoms with Gasteiger partial charge in [-0.3, -0.25) is 9.69 Å². The summed E-state index contributed by atoms with van der Waals surface area (Å²) in [6.45, 7) is 4.20. The minimum atomic E-state index is -0.455. The quantitative estimate of drug-likeness (QED) is 0.592. The largest absolute Gasteiger partial charge is 0.294 e. The molecule has 1 saturated heterocycles. The maximum absolute atomic E-state index is 12.3. The predicted molar refractivity (Wildman–Crippen MR) is 89.4 cm³/mol. The summed E-state index contributed by atoms with van der Waals surface area (Å²) in [6.07, 6.45) is 1.40. The summed E-state index contributed by atoms with van der Waals surface area (Å²) in [5, 5.41) is 14.2. The molecular weight excluding hydrogens is 359 g/mol. The SMILES string of the molecule is CC1(C)CN(c2c(C#N)cnn2-c2ccc(Cl)c(Cl)c2Cl)C1=O. The lowest BCUT2D eigenvalue weighted by Gasteiger charge is -2.44. The van der Waals surface area contributed by atoms with Gasteiger partial charge in [0, 0.05) is 6.54 Å². The first-order chi connectivity index (χ1) is 10.8. The Labute approximate surface area is 148 Å². The van der Waals surface area contributed by atoms with Gasteiger partial charge in [-0.2, -0.15) is 10.4 Å². The number of β-lactam (4-membered cyclic amide) rings is 1. The number of carbonyl (C=O) groups is 1. The third-order valence-corrected chi connectivity index (χ3v) is 5.02.